The van der Waals surface area contributed by atoms with E-state index >= 15 is 9.59 Å². The molecule has 0 bridgehead atoms. The van der Waals surface area contributed by atoms with Crippen LogP contribution in [0.15, 0.2) is 202 Å². The van der Waals surface area contributed by atoms with Gasteiger partial charge >= 0.3 is 0 Å². The monoisotopic (exact) mass is 1050 g/mol. The van der Waals surface area contributed by atoms with Crippen molar-refractivity contribution in [1.29, 1.82) is 0 Å². The van der Waals surface area contributed by atoms with E-state index in [0.29, 0.717) is 31.1 Å². The number of amides is 2. The van der Waals surface area contributed by atoms with Crippen molar-refractivity contribution in [3.05, 3.63) is 221 Å². The molecule has 4 atom stereocenters. The van der Waals surface area contributed by atoms with E-state index in [1.807, 2.05) is 109 Å². The van der Waals surface area contributed by atoms with Crippen LogP contribution in [0.4, 0.5) is 0 Å². The van der Waals surface area contributed by atoms with Crippen molar-refractivity contribution in [2.75, 3.05) is 37.8 Å². The van der Waals surface area contributed by atoms with Crippen LogP contribution in [0.2, 0.25) is 0 Å². The minimum Gasteiger partial charge on any atom is -0.466 e. The van der Waals surface area contributed by atoms with Gasteiger partial charge in [-0.15, -0.1) is 0 Å². The molecular formula is C60H53N5O9S2. The Kier molecular flexibility index (Phi) is 12.7. The summed E-state index contributed by atoms with van der Waals surface area (Å²) in [6.45, 7) is 1.31. The van der Waals surface area contributed by atoms with E-state index in [1.54, 1.807) is 82.9 Å². The highest BCUT2D eigenvalue weighted by Gasteiger charge is 2.59. The normalized spacial score (nSPS) is 22.1. The minimum absolute atomic E-state index is 0.0493. The van der Waals surface area contributed by atoms with E-state index in [9.17, 15) is 16.8 Å². The summed E-state index contributed by atoms with van der Waals surface area (Å²) < 4.78 is 74.4. The Bertz CT molecular complexity index is 3640. The van der Waals surface area contributed by atoms with Crippen LogP contribution >= 0.6 is 0 Å². The maximum atomic E-state index is 15.2. The number of pyridine rings is 1. The first-order chi connectivity index (χ1) is 36.9. The van der Waals surface area contributed by atoms with Crippen LogP contribution in [0.25, 0.3) is 11.1 Å². The van der Waals surface area contributed by atoms with Crippen molar-refractivity contribution in [3.63, 3.8) is 0 Å². The maximum absolute atomic E-state index is 15.2. The SMILES string of the molecule is O=C1N(CCS(=O)(=O)c2ccccc2)Cc2ccccc2[C@@H]2OC(c3ccc(-c4ccc(S(=O)(=O)CCN5Cc6ccccc6[C@@H]6OC(c7ccccc7)=N[C@]6(CC6COC6)C5=O)cc4)cc3)=N[C@]12Cc1cccnc1. The van der Waals surface area contributed by atoms with Crippen LogP contribution in [0, 0.1) is 5.92 Å². The zero-order valence-electron chi connectivity index (χ0n) is 41.4. The van der Waals surface area contributed by atoms with Crippen molar-refractivity contribution >= 4 is 43.3 Å². The second kappa shape index (κ2) is 19.7. The number of benzene rings is 6. The first-order valence-electron chi connectivity index (χ1n) is 25.4. The maximum Gasteiger partial charge on any atom is 0.255 e. The molecular weight excluding hydrogens is 999 g/mol. The summed E-state index contributed by atoms with van der Waals surface area (Å²) in [5, 5.41) is 0. The Morgan fingerprint density at radius 2 is 0.987 bits per heavy atom. The molecule has 384 valence electrons. The van der Waals surface area contributed by atoms with Crippen molar-refractivity contribution in [3.8, 4) is 11.1 Å². The van der Waals surface area contributed by atoms with Gasteiger partial charge in [0.25, 0.3) is 11.8 Å². The van der Waals surface area contributed by atoms with Gasteiger partial charge in [-0.1, -0.05) is 115 Å². The lowest BCUT2D eigenvalue weighted by atomic mass is 9.79. The average Bonchev–Trinajstić information content (AvgIpc) is 4.00. The molecule has 0 radical (unpaired) electrons. The van der Waals surface area contributed by atoms with Crippen LogP contribution in [-0.2, 0) is 63.0 Å². The smallest absolute Gasteiger partial charge is 0.255 e. The van der Waals surface area contributed by atoms with Gasteiger partial charge in [0.1, 0.15) is 0 Å². The van der Waals surface area contributed by atoms with Crippen LogP contribution in [0.1, 0.15) is 57.6 Å². The predicted molar refractivity (Wildman–Crippen MR) is 286 cm³/mol. The van der Waals surface area contributed by atoms with Gasteiger partial charge in [0.05, 0.1) is 34.5 Å². The molecule has 2 amide bonds. The van der Waals surface area contributed by atoms with Gasteiger partial charge in [0, 0.05) is 73.2 Å². The fourth-order valence-corrected chi connectivity index (χ4v) is 13.7. The molecule has 6 heterocycles. The molecule has 6 aromatic carbocycles. The number of ether oxygens (including phenoxy) is 3. The molecule has 76 heavy (non-hydrogen) atoms. The predicted octanol–water partition coefficient (Wildman–Crippen LogP) is 8.17. The highest BCUT2D eigenvalue weighted by atomic mass is 32.2. The number of fused-ring (bicyclic) bond motifs is 6. The van der Waals surface area contributed by atoms with Crippen molar-refractivity contribution in [2.45, 2.75) is 59.0 Å². The molecule has 5 aliphatic rings. The van der Waals surface area contributed by atoms with Crippen molar-refractivity contribution in [1.82, 2.24) is 14.8 Å². The van der Waals surface area contributed by atoms with Gasteiger partial charge in [-0.25, -0.2) is 26.8 Å². The highest BCUT2D eigenvalue weighted by molar-refractivity contribution is 7.91. The first kappa shape index (κ1) is 49.1. The van der Waals surface area contributed by atoms with Crippen LogP contribution in [0.5, 0.6) is 0 Å². The van der Waals surface area contributed by atoms with E-state index in [0.717, 1.165) is 44.5 Å². The van der Waals surface area contributed by atoms with Gasteiger partial charge in [-0.05, 0) is 88.8 Å². The second-order valence-corrected chi connectivity index (χ2v) is 24.3. The number of hydrogen-bond donors (Lipinski definition) is 0. The Labute approximate surface area is 441 Å². The molecule has 14 nitrogen and oxygen atoms in total. The summed E-state index contributed by atoms with van der Waals surface area (Å²) in [7, 11) is -7.60. The first-order valence-corrected chi connectivity index (χ1v) is 28.7. The summed E-state index contributed by atoms with van der Waals surface area (Å²) >= 11 is 0. The number of nitrogens with zero attached hydrogens (tertiary/aromatic N) is 5. The molecule has 1 aromatic heterocycles. The van der Waals surface area contributed by atoms with Crippen molar-refractivity contribution in [2.24, 2.45) is 15.9 Å². The summed E-state index contributed by atoms with van der Waals surface area (Å²) in [5.41, 5.74) is 4.28. The third-order valence-corrected chi connectivity index (χ3v) is 18.6. The average molecular weight is 1050 g/mol. The molecule has 7 aromatic rings. The summed E-state index contributed by atoms with van der Waals surface area (Å²) in [5.74, 6) is -0.453. The molecule has 1 fully saturated rings. The molecule has 0 saturated carbocycles. The van der Waals surface area contributed by atoms with Gasteiger partial charge in [0.2, 0.25) is 11.8 Å². The zero-order chi connectivity index (χ0) is 52.1. The number of carbonyl (C=O) groups excluding carboxylic acids is 2. The number of hydrogen-bond acceptors (Lipinski definition) is 12. The van der Waals surface area contributed by atoms with Crippen LogP contribution < -0.4 is 0 Å². The van der Waals surface area contributed by atoms with Crippen LogP contribution in [0.3, 0.4) is 0 Å². The summed E-state index contributed by atoms with van der Waals surface area (Å²) in [6, 6.07) is 51.1. The summed E-state index contributed by atoms with van der Waals surface area (Å²) in [6.07, 6.45) is 2.40. The fourth-order valence-electron chi connectivity index (χ4n) is 11.2. The lowest BCUT2D eigenvalue weighted by Crippen LogP contribution is -2.52. The Morgan fingerprint density at radius 3 is 1.54 bits per heavy atom. The highest BCUT2D eigenvalue weighted by Crippen LogP contribution is 2.50. The van der Waals surface area contributed by atoms with E-state index in [4.69, 9.17) is 24.2 Å². The third-order valence-electron chi connectivity index (χ3n) is 15.2. The number of rotatable bonds is 15. The molecule has 16 heteroatoms. The zero-order valence-corrected chi connectivity index (χ0v) is 43.0. The second-order valence-electron chi connectivity index (χ2n) is 20.1. The third kappa shape index (κ3) is 9.07. The molecule has 0 spiro atoms. The van der Waals surface area contributed by atoms with E-state index in [2.05, 4.69) is 4.98 Å². The van der Waals surface area contributed by atoms with E-state index in [-0.39, 0.29) is 77.5 Å². The lowest BCUT2D eigenvalue weighted by molar-refractivity contribution is -0.142. The Hall–Kier alpha value is -7.79. The summed E-state index contributed by atoms with van der Waals surface area (Å²) in [4.78, 5) is 48.4. The number of aromatic nitrogens is 1. The molecule has 5 aliphatic heterocycles. The molecule has 1 saturated heterocycles. The van der Waals surface area contributed by atoms with Gasteiger partial charge in [-0.3, -0.25) is 14.6 Å². The van der Waals surface area contributed by atoms with Gasteiger partial charge in [-0.2, -0.15) is 0 Å². The standard InChI is InChI=1S/C60H53N5O9S2/c66-57-59(34-41-12-11-29-61-36-41)53(51-19-9-7-15-47(51)37-64(57)30-32-75(68,69)49-17-5-2-6-18-49)74-56(63-59)46-23-21-43(22-24-46)44-25-27-50(28-26-44)76(70,71)33-31-65-38-48-16-8-10-20-52(48)54-60(58(65)67,35-42-39-72-40-42)62-55(73-54)45-13-3-1-4-14-45/h1-29,36,42,53-54H,30-35,37-40H2/t53-,54-,59-,60-/m0/s1. The molecule has 0 N–H and O–H groups in total. The van der Waals surface area contributed by atoms with Crippen molar-refractivity contribution < 1.29 is 40.6 Å². The number of carbonyl (C=O) groups is 2. The Morgan fingerprint density at radius 1 is 0.513 bits per heavy atom. The molecule has 0 unspecified atom stereocenters. The van der Waals surface area contributed by atoms with E-state index < -0.39 is 43.0 Å². The topological polar surface area (TPSA) is 174 Å². The largest absolute Gasteiger partial charge is 0.466 e. The molecule has 12 rings (SSSR count). The Balaban J connectivity index is 0.792. The number of aliphatic imine (C=N–C) groups is 2. The number of sulfone groups is 2. The quantitative estimate of drug-likeness (QED) is 0.0975. The fraction of sp³-hybridized carbons (Fsp3) is 0.250. The minimum atomic E-state index is -3.87. The van der Waals surface area contributed by atoms with Gasteiger partial charge in [0.15, 0.2) is 43.0 Å². The molecule has 0 aliphatic carbocycles. The van der Waals surface area contributed by atoms with E-state index in [1.165, 1.54) is 0 Å². The lowest BCUT2D eigenvalue weighted by Gasteiger charge is -2.37. The van der Waals surface area contributed by atoms with Gasteiger partial charge < -0.3 is 24.0 Å². The van der Waals surface area contributed by atoms with Crippen LogP contribution in [-0.4, -0.2) is 104 Å².